The number of rotatable bonds is 5. The maximum Gasteiger partial charge on any atom is 0.261 e. The summed E-state index contributed by atoms with van der Waals surface area (Å²) in [5.74, 6) is 1.22. The van der Waals surface area contributed by atoms with Crippen molar-refractivity contribution >= 4 is 45.1 Å². The summed E-state index contributed by atoms with van der Waals surface area (Å²) < 4.78 is 16.6. The second-order valence-corrected chi connectivity index (χ2v) is 6.45. The van der Waals surface area contributed by atoms with Gasteiger partial charge in [0, 0.05) is 0 Å². The van der Waals surface area contributed by atoms with Crippen LogP contribution in [0.3, 0.4) is 0 Å². The highest BCUT2D eigenvalue weighted by Gasteiger charge is 2.33. The number of fused-ring (bicyclic) bond motifs is 1. The maximum absolute atomic E-state index is 12.3. The van der Waals surface area contributed by atoms with Crippen LogP contribution in [-0.4, -0.2) is 48.6 Å². The number of ether oxygens (including phenoxy) is 3. The van der Waals surface area contributed by atoms with Crippen LogP contribution in [0.25, 0.3) is 0 Å². The van der Waals surface area contributed by atoms with Crippen molar-refractivity contribution in [3.63, 3.8) is 0 Å². The third-order valence-corrected chi connectivity index (χ3v) is 4.90. The van der Waals surface area contributed by atoms with E-state index in [9.17, 15) is 4.79 Å². The summed E-state index contributed by atoms with van der Waals surface area (Å²) in [7, 11) is 4.48. The quantitative estimate of drug-likeness (QED) is 0.693. The van der Waals surface area contributed by atoms with Crippen molar-refractivity contribution in [2.45, 2.75) is 6.54 Å². The number of halogens is 2. The van der Waals surface area contributed by atoms with E-state index in [1.807, 2.05) is 0 Å². The second kappa shape index (κ2) is 7.12. The molecule has 1 aliphatic heterocycles. The number of Topliss-reactive ketones (excluding diaryl/α,β-unsaturated/α-hetero) is 1. The number of nitrogens with zero attached hydrogens (tertiary/aromatic N) is 4. The smallest absolute Gasteiger partial charge is 0.261 e. The predicted molar refractivity (Wildman–Crippen MR) is 98.4 cm³/mol. The first-order valence-corrected chi connectivity index (χ1v) is 8.53. The summed E-state index contributed by atoms with van der Waals surface area (Å²) >= 11 is 9.51. The number of methoxy groups -OCH3 is 3. The Balaban J connectivity index is 2.05. The molecule has 2 N–H and O–H groups in total. The molecule has 0 spiro atoms. The van der Waals surface area contributed by atoms with E-state index in [-0.39, 0.29) is 41.4 Å². The number of pyridine rings is 1. The van der Waals surface area contributed by atoms with E-state index in [4.69, 9.17) is 31.5 Å². The third kappa shape index (κ3) is 2.99. The number of anilines is 2. The number of aromatic nitrogens is 3. The van der Waals surface area contributed by atoms with Crippen molar-refractivity contribution in [3.05, 3.63) is 20.9 Å². The molecule has 0 unspecified atom stereocenters. The lowest BCUT2D eigenvalue weighted by Gasteiger charge is -2.20. The van der Waals surface area contributed by atoms with Gasteiger partial charge in [-0.15, -0.1) is 0 Å². The van der Waals surface area contributed by atoms with Crippen LogP contribution >= 0.6 is 27.5 Å². The number of hydrogen-bond donors (Lipinski definition) is 1. The number of hydrogen-bond acceptors (Lipinski definition) is 9. The molecular formula is C15H15BrClN5O4. The van der Waals surface area contributed by atoms with Crippen LogP contribution < -0.4 is 24.8 Å². The number of ketones is 1. The summed E-state index contributed by atoms with van der Waals surface area (Å²) in [6.45, 7) is 0.320. The van der Waals surface area contributed by atoms with E-state index in [0.717, 1.165) is 0 Å². The SMILES string of the molecule is COc1nc(CN2CC(=O)c3c(Cl)nc(N)nc32)c(Br)c(OC)c1OC. The van der Waals surface area contributed by atoms with Gasteiger partial charge in [-0.2, -0.15) is 4.98 Å². The van der Waals surface area contributed by atoms with Gasteiger partial charge in [-0.05, 0) is 15.9 Å². The van der Waals surface area contributed by atoms with Gasteiger partial charge in [0.1, 0.15) is 11.0 Å². The van der Waals surface area contributed by atoms with E-state index in [0.29, 0.717) is 27.5 Å². The first-order chi connectivity index (χ1) is 12.4. The van der Waals surface area contributed by atoms with Gasteiger partial charge < -0.3 is 24.8 Å². The van der Waals surface area contributed by atoms with Gasteiger partial charge in [-0.25, -0.2) is 9.97 Å². The first kappa shape index (κ1) is 18.5. The van der Waals surface area contributed by atoms with Crippen LogP contribution in [0.15, 0.2) is 4.47 Å². The average molecular weight is 445 g/mol. The average Bonchev–Trinajstić information content (AvgIpc) is 2.91. The van der Waals surface area contributed by atoms with Gasteiger partial charge >= 0.3 is 0 Å². The molecule has 0 aliphatic carbocycles. The zero-order chi connectivity index (χ0) is 19.0. The molecule has 138 valence electrons. The molecule has 0 aromatic carbocycles. The Morgan fingerprint density at radius 2 is 1.85 bits per heavy atom. The highest BCUT2D eigenvalue weighted by molar-refractivity contribution is 9.10. The molecular weight excluding hydrogens is 430 g/mol. The van der Waals surface area contributed by atoms with Crippen molar-refractivity contribution in [1.29, 1.82) is 0 Å². The molecule has 2 aromatic heterocycles. The molecule has 3 rings (SSSR count). The maximum atomic E-state index is 12.3. The molecule has 9 nitrogen and oxygen atoms in total. The van der Waals surface area contributed by atoms with Crippen molar-refractivity contribution in [2.75, 3.05) is 38.5 Å². The van der Waals surface area contributed by atoms with Crippen LogP contribution in [0.1, 0.15) is 16.1 Å². The molecule has 0 bridgehead atoms. The number of carbonyl (C=O) groups excluding carboxylic acids is 1. The minimum absolute atomic E-state index is 0.00892. The van der Waals surface area contributed by atoms with Crippen LogP contribution in [0, 0.1) is 0 Å². The Bertz CT molecular complexity index is 895. The molecule has 0 radical (unpaired) electrons. The predicted octanol–water partition coefficient (Wildman–Crippen LogP) is 2.10. The lowest BCUT2D eigenvalue weighted by atomic mass is 10.2. The topological polar surface area (TPSA) is 113 Å². The molecule has 0 fully saturated rings. The summed E-state index contributed by atoms with van der Waals surface area (Å²) in [5.41, 5.74) is 6.48. The van der Waals surface area contributed by atoms with Crippen LogP contribution in [0.2, 0.25) is 5.15 Å². The van der Waals surface area contributed by atoms with Gasteiger partial charge in [0.2, 0.25) is 11.7 Å². The van der Waals surface area contributed by atoms with Gasteiger partial charge in [-0.1, -0.05) is 11.6 Å². The molecule has 0 saturated carbocycles. The largest absolute Gasteiger partial charge is 0.492 e. The van der Waals surface area contributed by atoms with Crippen molar-refractivity contribution in [1.82, 2.24) is 15.0 Å². The van der Waals surface area contributed by atoms with Crippen LogP contribution in [0.5, 0.6) is 17.4 Å². The van der Waals surface area contributed by atoms with E-state index >= 15 is 0 Å². The fourth-order valence-electron chi connectivity index (χ4n) is 2.70. The Hall–Kier alpha value is -2.33. The molecule has 3 heterocycles. The lowest BCUT2D eigenvalue weighted by Crippen LogP contribution is -2.24. The van der Waals surface area contributed by atoms with Crippen molar-refractivity contribution in [2.24, 2.45) is 0 Å². The molecule has 0 saturated heterocycles. The standard InChI is InChI=1S/C15H15BrClN5O4/c1-24-10-9(16)6(19-14(26-3)11(10)25-2)4-22-5-7(23)8-12(17)20-15(18)21-13(8)22/h4-5H2,1-3H3,(H2,18,20,21). The summed E-state index contributed by atoms with van der Waals surface area (Å²) in [4.78, 5) is 26.4. The molecule has 26 heavy (non-hydrogen) atoms. The minimum Gasteiger partial charge on any atom is -0.492 e. The Morgan fingerprint density at radius 3 is 2.46 bits per heavy atom. The minimum atomic E-state index is -0.187. The van der Waals surface area contributed by atoms with E-state index < -0.39 is 0 Å². The number of carbonyl (C=O) groups is 1. The van der Waals surface area contributed by atoms with Crippen LogP contribution in [-0.2, 0) is 6.54 Å². The molecule has 0 atom stereocenters. The highest BCUT2D eigenvalue weighted by Crippen LogP contribution is 2.43. The molecule has 0 amide bonds. The Labute approximate surface area is 162 Å². The van der Waals surface area contributed by atoms with Gasteiger partial charge in [0.15, 0.2) is 11.5 Å². The van der Waals surface area contributed by atoms with Crippen molar-refractivity contribution in [3.8, 4) is 17.4 Å². The zero-order valence-corrected chi connectivity index (χ0v) is 16.5. The van der Waals surface area contributed by atoms with Gasteiger partial charge in [0.25, 0.3) is 5.88 Å². The van der Waals surface area contributed by atoms with E-state index in [1.165, 1.54) is 21.3 Å². The second-order valence-electron chi connectivity index (χ2n) is 5.30. The number of nitrogen functional groups attached to an aromatic ring is 1. The lowest BCUT2D eigenvalue weighted by molar-refractivity contribution is 0.101. The Kier molecular flexibility index (Phi) is 5.05. The highest BCUT2D eigenvalue weighted by atomic mass is 79.9. The first-order valence-electron chi connectivity index (χ1n) is 7.36. The van der Waals surface area contributed by atoms with E-state index in [1.54, 1.807) is 4.90 Å². The zero-order valence-electron chi connectivity index (χ0n) is 14.2. The third-order valence-electron chi connectivity index (χ3n) is 3.81. The summed E-state index contributed by atoms with van der Waals surface area (Å²) in [5, 5.41) is 0.0388. The fourth-order valence-corrected chi connectivity index (χ4v) is 3.53. The molecule has 2 aromatic rings. The molecule has 1 aliphatic rings. The van der Waals surface area contributed by atoms with Gasteiger partial charge in [-0.3, -0.25) is 4.79 Å². The summed E-state index contributed by atoms with van der Waals surface area (Å²) in [6.07, 6.45) is 0. The summed E-state index contributed by atoms with van der Waals surface area (Å²) in [6, 6.07) is 0. The fraction of sp³-hybridized carbons (Fsp3) is 0.333. The molecule has 11 heteroatoms. The van der Waals surface area contributed by atoms with Crippen LogP contribution in [0.4, 0.5) is 11.8 Å². The Morgan fingerprint density at radius 1 is 1.15 bits per heavy atom. The van der Waals surface area contributed by atoms with E-state index in [2.05, 4.69) is 30.9 Å². The normalized spacial score (nSPS) is 13.0. The van der Waals surface area contributed by atoms with Crippen molar-refractivity contribution < 1.29 is 19.0 Å². The number of nitrogens with two attached hydrogens (primary N) is 1. The van der Waals surface area contributed by atoms with Gasteiger partial charge in [0.05, 0.1) is 50.1 Å². The monoisotopic (exact) mass is 443 g/mol.